The number of amides is 2. The van der Waals surface area contributed by atoms with Gasteiger partial charge in [-0.1, -0.05) is 18.2 Å². The normalized spacial score (nSPS) is 11.7. The van der Waals surface area contributed by atoms with E-state index in [-0.39, 0.29) is 17.3 Å². The van der Waals surface area contributed by atoms with Gasteiger partial charge in [0.15, 0.2) is 5.65 Å². The van der Waals surface area contributed by atoms with Crippen LogP contribution in [0.2, 0.25) is 0 Å². The highest BCUT2D eigenvalue weighted by molar-refractivity contribution is 6.01. The molecule has 0 spiro atoms. The summed E-state index contributed by atoms with van der Waals surface area (Å²) in [4.78, 5) is 20.7. The molecule has 0 aliphatic carbocycles. The van der Waals surface area contributed by atoms with Crippen LogP contribution in [0.4, 0.5) is 35.2 Å². The van der Waals surface area contributed by atoms with E-state index < -0.39 is 17.8 Å². The van der Waals surface area contributed by atoms with Gasteiger partial charge in [0.25, 0.3) is 0 Å². The third kappa shape index (κ3) is 4.49. The number of anilines is 3. The van der Waals surface area contributed by atoms with Gasteiger partial charge in [-0.25, -0.2) is 19.4 Å². The van der Waals surface area contributed by atoms with Gasteiger partial charge in [0.05, 0.1) is 10.9 Å². The number of carbonyl (C=O) groups is 1. The third-order valence-corrected chi connectivity index (χ3v) is 5.22. The molecular formula is C23H22F3N7O. The lowest BCUT2D eigenvalue weighted by atomic mass is 10.1. The van der Waals surface area contributed by atoms with Crippen LogP contribution in [-0.2, 0) is 6.18 Å². The molecule has 11 heteroatoms. The summed E-state index contributed by atoms with van der Waals surface area (Å²) in [5.74, 6) is 0.310. The maximum atomic E-state index is 13.1. The van der Waals surface area contributed by atoms with Crippen molar-refractivity contribution in [1.29, 1.82) is 0 Å². The molecule has 0 saturated heterocycles. The quantitative estimate of drug-likeness (QED) is 0.359. The summed E-state index contributed by atoms with van der Waals surface area (Å²) < 4.78 is 41.1. The lowest BCUT2D eigenvalue weighted by Gasteiger charge is -2.13. The molecule has 0 radical (unpaired) electrons. The number of carbonyl (C=O) groups excluding carboxylic acids is 1. The van der Waals surface area contributed by atoms with E-state index in [4.69, 9.17) is 5.73 Å². The molecule has 34 heavy (non-hydrogen) atoms. The summed E-state index contributed by atoms with van der Waals surface area (Å²) in [6.07, 6.45) is -3.12. The van der Waals surface area contributed by atoms with Crippen molar-refractivity contribution in [3.05, 3.63) is 59.9 Å². The van der Waals surface area contributed by atoms with Crippen LogP contribution in [0.15, 0.2) is 48.8 Å². The number of urea groups is 1. The molecule has 0 aliphatic rings. The Labute approximate surface area is 193 Å². The Morgan fingerprint density at radius 3 is 2.32 bits per heavy atom. The van der Waals surface area contributed by atoms with Gasteiger partial charge < -0.3 is 16.4 Å². The molecule has 2 aromatic carbocycles. The smallest absolute Gasteiger partial charge is 0.383 e. The highest BCUT2D eigenvalue weighted by Gasteiger charge is 2.32. The number of alkyl halides is 3. The van der Waals surface area contributed by atoms with E-state index in [2.05, 4.69) is 25.7 Å². The van der Waals surface area contributed by atoms with Crippen molar-refractivity contribution < 1.29 is 18.0 Å². The number of benzene rings is 2. The van der Waals surface area contributed by atoms with Gasteiger partial charge in [-0.05, 0) is 50.6 Å². The van der Waals surface area contributed by atoms with Crippen molar-refractivity contribution in [3.8, 4) is 11.3 Å². The van der Waals surface area contributed by atoms with E-state index in [9.17, 15) is 18.0 Å². The predicted molar refractivity (Wildman–Crippen MR) is 124 cm³/mol. The summed E-state index contributed by atoms with van der Waals surface area (Å²) in [6, 6.07) is 9.83. The standard InChI is InChI=1S/C23H22F3N7O/c1-12(2)33-21-18(20(27)28-11-29-21)19(32-33)14-5-8-15(9-6-14)30-22(34)31-16-7-4-13(3)17(10-16)23(24,25)26/h4-12H,1-3H3,(H2,27,28,29)(H2,30,31,34). The molecule has 4 N–H and O–H groups in total. The summed E-state index contributed by atoms with van der Waals surface area (Å²) in [7, 11) is 0. The molecule has 4 rings (SSSR count). The summed E-state index contributed by atoms with van der Waals surface area (Å²) in [5, 5.41) is 10.3. The van der Waals surface area contributed by atoms with Crippen molar-refractivity contribution in [2.45, 2.75) is 33.0 Å². The number of nitrogen functional groups attached to an aromatic ring is 1. The minimum Gasteiger partial charge on any atom is -0.383 e. The fraction of sp³-hybridized carbons (Fsp3) is 0.217. The second-order valence-electron chi connectivity index (χ2n) is 8.03. The van der Waals surface area contributed by atoms with E-state index in [1.54, 1.807) is 28.9 Å². The van der Waals surface area contributed by atoms with Crippen LogP contribution < -0.4 is 16.4 Å². The van der Waals surface area contributed by atoms with Gasteiger partial charge in [-0.2, -0.15) is 18.3 Å². The maximum Gasteiger partial charge on any atom is 0.416 e. The molecule has 4 aromatic rings. The van der Waals surface area contributed by atoms with Crippen LogP contribution in [0.5, 0.6) is 0 Å². The van der Waals surface area contributed by atoms with Crippen LogP contribution in [0, 0.1) is 6.92 Å². The van der Waals surface area contributed by atoms with Gasteiger partial charge >= 0.3 is 12.2 Å². The second kappa shape index (κ2) is 8.65. The Morgan fingerprint density at radius 2 is 1.68 bits per heavy atom. The van der Waals surface area contributed by atoms with Crippen LogP contribution in [0.25, 0.3) is 22.3 Å². The fourth-order valence-electron chi connectivity index (χ4n) is 3.57. The lowest BCUT2D eigenvalue weighted by Crippen LogP contribution is -2.20. The Balaban J connectivity index is 1.54. The molecule has 8 nitrogen and oxygen atoms in total. The molecule has 2 aromatic heterocycles. The highest BCUT2D eigenvalue weighted by atomic mass is 19.4. The van der Waals surface area contributed by atoms with E-state index in [1.165, 1.54) is 25.4 Å². The highest BCUT2D eigenvalue weighted by Crippen LogP contribution is 2.34. The first-order valence-corrected chi connectivity index (χ1v) is 10.4. The third-order valence-electron chi connectivity index (χ3n) is 5.22. The Hall–Kier alpha value is -4.15. The van der Waals surface area contributed by atoms with Crippen molar-refractivity contribution in [2.75, 3.05) is 16.4 Å². The van der Waals surface area contributed by atoms with Crippen molar-refractivity contribution in [1.82, 2.24) is 19.7 Å². The number of nitrogens with zero attached hydrogens (tertiary/aromatic N) is 4. The van der Waals surface area contributed by atoms with Crippen molar-refractivity contribution in [2.24, 2.45) is 0 Å². The number of halogens is 3. The number of hydrogen-bond acceptors (Lipinski definition) is 5. The van der Waals surface area contributed by atoms with Crippen molar-refractivity contribution in [3.63, 3.8) is 0 Å². The first kappa shape index (κ1) is 23.0. The molecule has 0 saturated carbocycles. The van der Waals surface area contributed by atoms with Crippen LogP contribution >= 0.6 is 0 Å². The lowest BCUT2D eigenvalue weighted by molar-refractivity contribution is -0.138. The average molecular weight is 469 g/mol. The molecule has 0 unspecified atom stereocenters. The van der Waals surface area contributed by atoms with Crippen LogP contribution in [0.1, 0.15) is 31.0 Å². The van der Waals surface area contributed by atoms with Crippen LogP contribution in [-0.4, -0.2) is 25.8 Å². The van der Waals surface area contributed by atoms with E-state index in [0.717, 1.165) is 11.6 Å². The number of fused-ring (bicyclic) bond motifs is 1. The molecule has 2 heterocycles. The first-order valence-electron chi connectivity index (χ1n) is 10.4. The number of nitrogens with one attached hydrogen (secondary N) is 2. The first-order chi connectivity index (χ1) is 16.0. The Morgan fingerprint density at radius 1 is 1.03 bits per heavy atom. The maximum absolute atomic E-state index is 13.1. The van der Waals surface area contributed by atoms with Gasteiger partial charge in [0, 0.05) is 23.0 Å². The van der Waals surface area contributed by atoms with Crippen molar-refractivity contribution >= 4 is 34.3 Å². The second-order valence-corrected chi connectivity index (χ2v) is 8.03. The molecule has 0 bridgehead atoms. The zero-order valence-corrected chi connectivity index (χ0v) is 18.6. The molecule has 0 fully saturated rings. The van der Waals surface area contributed by atoms with Gasteiger partial charge in [0.2, 0.25) is 0 Å². The number of aryl methyl sites for hydroxylation is 1. The monoisotopic (exact) mass is 469 g/mol. The number of nitrogens with two attached hydrogens (primary N) is 1. The Kier molecular flexibility index (Phi) is 5.86. The van der Waals surface area contributed by atoms with E-state index in [0.29, 0.717) is 28.2 Å². The minimum absolute atomic E-state index is 0.0354. The summed E-state index contributed by atoms with van der Waals surface area (Å²) in [5.41, 5.74) is 7.81. The predicted octanol–water partition coefficient (Wildman–Crippen LogP) is 5.63. The zero-order valence-electron chi connectivity index (χ0n) is 18.6. The molecule has 176 valence electrons. The van der Waals surface area contributed by atoms with Gasteiger partial charge in [-0.15, -0.1) is 0 Å². The van der Waals surface area contributed by atoms with E-state index >= 15 is 0 Å². The number of hydrogen-bond donors (Lipinski definition) is 3. The van der Waals surface area contributed by atoms with Gasteiger partial charge in [0.1, 0.15) is 17.8 Å². The fourth-order valence-corrected chi connectivity index (χ4v) is 3.57. The summed E-state index contributed by atoms with van der Waals surface area (Å²) >= 11 is 0. The molecule has 0 atom stereocenters. The van der Waals surface area contributed by atoms with Gasteiger partial charge in [-0.3, -0.25) is 0 Å². The molecular weight excluding hydrogens is 447 g/mol. The molecule has 2 amide bonds. The largest absolute Gasteiger partial charge is 0.416 e. The topological polar surface area (TPSA) is 111 Å². The molecule has 0 aliphatic heterocycles. The number of aromatic nitrogens is 4. The minimum atomic E-state index is -4.50. The summed E-state index contributed by atoms with van der Waals surface area (Å²) in [6.45, 7) is 5.32. The average Bonchev–Trinajstić information content (AvgIpc) is 3.16. The van der Waals surface area contributed by atoms with Crippen LogP contribution in [0.3, 0.4) is 0 Å². The number of rotatable bonds is 4. The SMILES string of the molecule is Cc1ccc(NC(=O)Nc2ccc(-c3nn(C(C)C)c4ncnc(N)c34)cc2)cc1C(F)(F)F. The Bertz CT molecular complexity index is 1360. The van der Waals surface area contributed by atoms with E-state index in [1.807, 2.05) is 13.8 Å². The zero-order chi connectivity index (χ0) is 24.6.